The maximum absolute atomic E-state index is 11.6. The maximum atomic E-state index is 11.6. The minimum Gasteiger partial charge on any atom is -0.429 e. The number of aryl methyl sites for hydroxylation is 1. The number of hydrogen-bond donors (Lipinski definition) is 0. The SMILES string of the molecule is Cc1ccc(C(=O)OOOC(=O)OC2CCC(C)CC2C)cc1. The molecule has 0 aliphatic heterocycles. The molecule has 1 aromatic rings. The molecule has 126 valence electrons. The van der Waals surface area contributed by atoms with Gasteiger partial charge in [0.2, 0.25) is 0 Å². The van der Waals surface area contributed by atoms with Crippen LogP contribution in [0.3, 0.4) is 0 Å². The minimum atomic E-state index is -1.01. The Morgan fingerprint density at radius 3 is 2.39 bits per heavy atom. The summed E-state index contributed by atoms with van der Waals surface area (Å²) in [4.78, 5) is 31.9. The number of rotatable bonds is 4. The lowest BCUT2D eigenvalue weighted by molar-refractivity contribution is -0.453. The van der Waals surface area contributed by atoms with Crippen molar-refractivity contribution in [3.05, 3.63) is 35.4 Å². The molecule has 1 saturated carbocycles. The molecule has 1 aromatic carbocycles. The molecule has 0 aromatic heterocycles. The molecular formula is C17H22O6. The Labute approximate surface area is 135 Å². The first-order chi connectivity index (χ1) is 11.0. The summed E-state index contributed by atoms with van der Waals surface area (Å²) in [6, 6.07) is 6.70. The van der Waals surface area contributed by atoms with Gasteiger partial charge in [0, 0.05) is 0 Å². The molecule has 6 nitrogen and oxygen atoms in total. The largest absolute Gasteiger partial charge is 0.543 e. The van der Waals surface area contributed by atoms with Gasteiger partial charge in [-0.2, -0.15) is 0 Å². The Bertz CT molecular complexity index is 539. The number of ether oxygens (including phenoxy) is 1. The van der Waals surface area contributed by atoms with E-state index in [9.17, 15) is 9.59 Å². The zero-order valence-electron chi connectivity index (χ0n) is 13.6. The Hall–Kier alpha value is -2.08. The third-order valence-corrected chi connectivity index (χ3v) is 4.10. The van der Waals surface area contributed by atoms with Crippen LogP contribution in [0.2, 0.25) is 0 Å². The van der Waals surface area contributed by atoms with Crippen LogP contribution in [0.25, 0.3) is 0 Å². The monoisotopic (exact) mass is 322 g/mol. The Morgan fingerprint density at radius 1 is 1.04 bits per heavy atom. The fourth-order valence-corrected chi connectivity index (χ4v) is 2.77. The predicted molar refractivity (Wildman–Crippen MR) is 81.2 cm³/mol. The molecule has 0 saturated heterocycles. The van der Waals surface area contributed by atoms with Gasteiger partial charge in [0.25, 0.3) is 0 Å². The Balaban J connectivity index is 1.70. The third-order valence-electron chi connectivity index (χ3n) is 4.10. The van der Waals surface area contributed by atoms with Crippen LogP contribution in [0.15, 0.2) is 24.3 Å². The van der Waals surface area contributed by atoms with Crippen LogP contribution in [-0.2, 0) is 19.6 Å². The van der Waals surface area contributed by atoms with E-state index in [0.717, 1.165) is 24.8 Å². The van der Waals surface area contributed by atoms with Crippen molar-refractivity contribution < 1.29 is 29.1 Å². The lowest BCUT2D eigenvalue weighted by Crippen LogP contribution is -2.31. The fourth-order valence-electron chi connectivity index (χ4n) is 2.77. The first-order valence-corrected chi connectivity index (χ1v) is 7.78. The van der Waals surface area contributed by atoms with E-state index in [4.69, 9.17) is 4.74 Å². The second-order valence-electron chi connectivity index (χ2n) is 6.19. The van der Waals surface area contributed by atoms with E-state index in [1.54, 1.807) is 24.3 Å². The highest BCUT2D eigenvalue weighted by Gasteiger charge is 2.29. The zero-order valence-corrected chi connectivity index (χ0v) is 13.6. The topological polar surface area (TPSA) is 71.1 Å². The highest BCUT2D eigenvalue weighted by molar-refractivity contribution is 5.88. The normalized spacial score (nSPS) is 23.9. The molecule has 0 heterocycles. The van der Waals surface area contributed by atoms with E-state index in [2.05, 4.69) is 21.7 Å². The second kappa shape index (κ2) is 7.97. The van der Waals surface area contributed by atoms with Gasteiger partial charge in [0.1, 0.15) is 6.10 Å². The molecular weight excluding hydrogens is 300 g/mol. The Morgan fingerprint density at radius 2 is 1.74 bits per heavy atom. The van der Waals surface area contributed by atoms with E-state index in [0.29, 0.717) is 11.5 Å². The van der Waals surface area contributed by atoms with Crippen molar-refractivity contribution in [1.29, 1.82) is 0 Å². The van der Waals surface area contributed by atoms with Crippen molar-refractivity contribution in [1.82, 2.24) is 0 Å². The van der Waals surface area contributed by atoms with Crippen LogP contribution in [0, 0.1) is 18.8 Å². The summed E-state index contributed by atoms with van der Waals surface area (Å²) in [5, 5.41) is 4.22. The molecule has 2 rings (SSSR count). The van der Waals surface area contributed by atoms with Crippen LogP contribution < -0.4 is 0 Å². The highest BCUT2D eigenvalue weighted by Crippen LogP contribution is 2.30. The second-order valence-corrected chi connectivity index (χ2v) is 6.19. The lowest BCUT2D eigenvalue weighted by atomic mass is 9.81. The van der Waals surface area contributed by atoms with Gasteiger partial charge in [-0.15, -0.1) is 0 Å². The lowest BCUT2D eigenvalue weighted by Gasteiger charge is -2.31. The minimum absolute atomic E-state index is 0.199. The molecule has 23 heavy (non-hydrogen) atoms. The van der Waals surface area contributed by atoms with Crippen LogP contribution in [0.4, 0.5) is 4.79 Å². The zero-order chi connectivity index (χ0) is 16.8. The van der Waals surface area contributed by atoms with E-state index >= 15 is 0 Å². The summed E-state index contributed by atoms with van der Waals surface area (Å²) < 4.78 is 5.18. The maximum Gasteiger partial charge on any atom is 0.543 e. The number of carbonyl (C=O) groups excluding carboxylic acids is 2. The van der Waals surface area contributed by atoms with Crippen LogP contribution in [-0.4, -0.2) is 18.2 Å². The van der Waals surface area contributed by atoms with Gasteiger partial charge < -0.3 is 4.74 Å². The van der Waals surface area contributed by atoms with Crippen LogP contribution in [0.5, 0.6) is 0 Å². The molecule has 6 heteroatoms. The number of carbonyl (C=O) groups is 2. The van der Waals surface area contributed by atoms with Gasteiger partial charge in [-0.05, 0) is 50.2 Å². The summed E-state index contributed by atoms with van der Waals surface area (Å²) in [7, 11) is 0. The average Bonchev–Trinajstić information content (AvgIpc) is 2.50. The van der Waals surface area contributed by atoms with Gasteiger partial charge in [-0.3, -0.25) is 4.89 Å². The average molecular weight is 322 g/mol. The van der Waals surface area contributed by atoms with E-state index in [1.807, 2.05) is 13.8 Å². The summed E-state index contributed by atoms with van der Waals surface area (Å²) in [6.07, 6.45) is 1.59. The van der Waals surface area contributed by atoms with Gasteiger partial charge in [-0.25, -0.2) is 14.5 Å². The molecule has 0 radical (unpaired) electrons. The third kappa shape index (κ3) is 5.25. The summed E-state index contributed by atoms with van der Waals surface area (Å²) in [5.41, 5.74) is 1.31. The summed E-state index contributed by atoms with van der Waals surface area (Å²) >= 11 is 0. The first-order valence-electron chi connectivity index (χ1n) is 7.78. The smallest absolute Gasteiger partial charge is 0.429 e. The Kier molecular flexibility index (Phi) is 5.98. The molecule has 0 spiro atoms. The van der Waals surface area contributed by atoms with E-state index in [-0.39, 0.29) is 12.0 Å². The molecule has 1 aliphatic rings. The van der Waals surface area contributed by atoms with Crippen molar-refractivity contribution in [2.45, 2.75) is 46.1 Å². The van der Waals surface area contributed by atoms with E-state index in [1.165, 1.54) is 0 Å². The van der Waals surface area contributed by atoms with Gasteiger partial charge in [0.15, 0.2) is 0 Å². The quantitative estimate of drug-likeness (QED) is 0.474. The fraction of sp³-hybridized carbons (Fsp3) is 0.529. The van der Waals surface area contributed by atoms with Crippen LogP contribution in [0.1, 0.15) is 49.0 Å². The molecule has 0 bridgehead atoms. The van der Waals surface area contributed by atoms with Gasteiger partial charge in [-0.1, -0.05) is 31.5 Å². The standard InChI is InChI=1S/C17H22O6/c1-11-4-7-14(8-5-11)16(18)21-23-22-17(19)20-15-9-6-12(2)10-13(15)3/h4-5,7-8,12-13,15H,6,9-10H2,1-3H3. The molecule has 1 aliphatic carbocycles. The number of benzene rings is 1. The van der Waals surface area contributed by atoms with Crippen molar-refractivity contribution in [2.24, 2.45) is 11.8 Å². The van der Waals surface area contributed by atoms with Crippen molar-refractivity contribution in [2.75, 3.05) is 0 Å². The molecule has 1 fully saturated rings. The van der Waals surface area contributed by atoms with Gasteiger partial charge in [0.05, 0.1) is 10.6 Å². The van der Waals surface area contributed by atoms with Crippen LogP contribution >= 0.6 is 0 Å². The first kappa shape index (κ1) is 17.3. The molecule has 3 atom stereocenters. The number of hydrogen-bond acceptors (Lipinski definition) is 6. The molecule has 0 N–H and O–H groups in total. The predicted octanol–water partition coefficient (Wildman–Crippen LogP) is 3.98. The van der Waals surface area contributed by atoms with Crippen molar-refractivity contribution in [3.8, 4) is 0 Å². The summed E-state index contributed by atoms with van der Waals surface area (Å²) in [5.74, 6) is 0.145. The van der Waals surface area contributed by atoms with Crippen molar-refractivity contribution >= 4 is 12.1 Å². The molecule has 3 unspecified atom stereocenters. The highest BCUT2D eigenvalue weighted by atomic mass is 17.5. The molecule has 0 amide bonds. The van der Waals surface area contributed by atoms with Crippen molar-refractivity contribution in [3.63, 3.8) is 0 Å². The van der Waals surface area contributed by atoms with Gasteiger partial charge >= 0.3 is 12.1 Å². The van der Waals surface area contributed by atoms with E-state index < -0.39 is 12.1 Å². The summed E-state index contributed by atoms with van der Waals surface area (Å²) in [6.45, 7) is 6.11.